The lowest BCUT2D eigenvalue weighted by molar-refractivity contribution is 0.362. The highest BCUT2D eigenvalue weighted by molar-refractivity contribution is 7.99. The van der Waals surface area contributed by atoms with Gasteiger partial charge >= 0.3 is 0 Å². The minimum Gasteiger partial charge on any atom is -0.383 e. The molecule has 1 aliphatic heterocycles. The monoisotopic (exact) mass is 348 g/mol. The van der Waals surface area contributed by atoms with E-state index in [1.165, 1.54) is 49.2 Å². The van der Waals surface area contributed by atoms with Gasteiger partial charge < -0.3 is 10.6 Å². The molecule has 1 fully saturated rings. The molecule has 124 valence electrons. The molecule has 1 saturated heterocycles. The molecular weight excluding hydrogens is 324 g/mol. The van der Waals surface area contributed by atoms with Gasteiger partial charge in [0.15, 0.2) is 5.16 Å². The van der Waals surface area contributed by atoms with Crippen LogP contribution in [0.5, 0.6) is 0 Å². The number of hydrogen-bond donors (Lipinski definition) is 1. The number of likely N-dealkylation sites (tertiary alicyclic amines) is 1. The fourth-order valence-corrected chi connectivity index (χ4v) is 5.99. The highest BCUT2D eigenvalue weighted by Gasteiger charge is 2.23. The average molecular weight is 349 g/mol. The van der Waals surface area contributed by atoms with Crippen LogP contribution >= 0.6 is 23.1 Å². The SMILES string of the molecule is CC1CCc2c(sc3nc(SCCN4CCCC4)nc(N)c23)C1. The molecule has 2 N–H and O–H groups in total. The third kappa shape index (κ3) is 3.21. The number of aryl methyl sites for hydroxylation is 1. The van der Waals surface area contributed by atoms with Gasteiger partial charge in [0.1, 0.15) is 10.6 Å². The van der Waals surface area contributed by atoms with Gasteiger partial charge in [-0.05, 0) is 56.7 Å². The van der Waals surface area contributed by atoms with Crippen LogP contribution in [0, 0.1) is 5.92 Å². The number of thioether (sulfide) groups is 1. The van der Waals surface area contributed by atoms with E-state index in [2.05, 4.69) is 16.8 Å². The molecule has 2 aliphatic rings. The smallest absolute Gasteiger partial charge is 0.190 e. The second-order valence-corrected chi connectivity index (χ2v) is 8.97. The minimum absolute atomic E-state index is 0.686. The van der Waals surface area contributed by atoms with Gasteiger partial charge in [-0.15, -0.1) is 11.3 Å². The summed E-state index contributed by atoms with van der Waals surface area (Å²) >= 11 is 3.58. The number of thiophene rings is 1. The molecule has 1 aliphatic carbocycles. The Morgan fingerprint density at radius 2 is 2.13 bits per heavy atom. The van der Waals surface area contributed by atoms with E-state index in [1.807, 2.05) is 11.3 Å². The summed E-state index contributed by atoms with van der Waals surface area (Å²) in [6, 6.07) is 0. The first-order valence-electron chi connectivity index (χ1n) is 8.63. The molecule has 3 heterocycles. The van der Waals surface area contributed by atoms with E-state index >= 15 is 0 Å². The Kier molecular flexibility index (Phi) is 4.48. The van der Waals surface area contributed by atoms with Crippen LogP contribution in [-0.4, -0.2) is 40.3 Å². The van der Waals surface area contributed by atoms with Crippen LogP contribution in [0.4, 0.5) is 5.82 Å². The summed E-state index contributed by atoms with van der Waals surface area (Å²) in [5.74, 6) is 2.51. The van der Waals surface area contributed by atoms with Crippen molar-refractivity contribution < 1.29 is 0 Å². The zero-order chi connectivity index (χ0) is 15.8. The lowest BCUT2D eigenvalue weighted by Crippen LogP contribution is -2.21. The van der Waals surface area contributed by atoms with Crippen molar-refractivity contribution in [3.05, 3.63) is 10.4 Å². The van der Waals surface area contributed by atoms with E-state index in [0.29, 0.717) is 5.82 Å². The number of anilines is 1. The summed E-state index contributed by atoms with van der Waals surface area (Å²) in [5.41, 5.74) is 7.71. The Balaban J connectivity index is 1.52. The summed E-state index contributed by atoms with van der Waals surface area (Å²) in [7, 11) is 0. The van der Waals surface area contributed by atoms with Crippen LogP contribution in [0.1, 0.15) is 36.6 Å². The largest absolute Gasteiger partial charge is 0.383 e. The van der Waals surface area contributed by atoms with Gasteiger partial charge in [-0.3, -0.25) is 0 Å². The molecule has 0 radical (unpaired) electrons. The predicted molar refractivity (Wildman–Crippen MR) is 99.4 cm³/mol. The molecule has 2 aromatic rings. The second kappa shape index (κ2) is 6.57. The summed E-state index contributed by atoms with van der Waals surface area (Å²) in [4.78, 5) is 14.5. The van der Waals surface area contributed by atoms with Crippen LogP contribution < -0.4 is 5.73 Å². The number of aromatic nitrogens is 2. The average Bonchev–Trinajstić information content (AvgIpc) is 3.13. The van der Waals surface area contributed by atoms with E-state index in [9.17, 15) is 0 Å². The normalized spacial score (nSPS) is 21.9. The Bertz CT molecular complexity index is 706. The number of fused-ring (bicyclic) bond motifs is 3. The van der Waals surface area contributed by atoms with Gasteiger partial charge in [0.2, 0.25) is 0 Å². The number of nitrogens with zero attached hydrogens (tertiary/aromatic N) is 3. The van der Waals surface area contributed by atoms with Gasteiger partial charge in [0.25, 0.3) is 0 Å². The van der Waals surface area contributed by atoms with Crippen molar-refractivity contribution in [3.8, 4) is 0 Å². The van der Waals surface area contributed by atoms with Crippen LogP contribution in [0.25, 0.3) is 10.2 Å². The lowest BCUT2D eigenvalue weighted by Gasteiger charge is -2.17. The molecule has 0 amide bonds. The zero-order valence-electron chi connectivity index (χ0n) is 13.7. The van der Waals surface area contributed by atoms with Crippen LogP contribution in [0.3, 0.4) is 0 Å². The van der Waals surface area contributed by atoms with Gasteiger partial charge in [0.05, 0.1) is 5.39 Å². The molecule has 2 aromatic heterocycles. The Labute approximate surface area is 145 Å². The summed E-state index contributed by atoms with van der Waals surface area (Å²) in [6.07, 6.45) is 6.25. The fourth-order valence-electron chi connectivity index (χ4n) is 3.69. The van der Waals surface area contributed by atoms with Crippen LogP contribution in [0.15, 0.2) is 5.16 Å². The third-order valence-electron chi connectivity index (χ3n) is 5.00. The van der Waals surface area contributed by atoms with Crippen molar-refractivity contribution in [2.75, 3.05) is 31.1 Å². The standard InChI is InChI=1S/C17H24N4S2/c1-11-4-5-12-13(10-11)23-16-14(12)15(18)19-17(20-16)22-9-8-21-6-2-3-7-21/h11H,2-10H2,1H3,(H2,18,19,20). The van der Waals surface area contributed by atoms with Gasteiger partial charge in [0, 0.05) is 17.2 Å². The quantitative estimate of drug-likeness (QED) is 0.676. The van der Waals surface area contributed by atoms with Crippen molar-refractivity contribution in [2.45, 2.75) is 44.2 Å². The fraction of sp³-hybridized carbons (Fsp3) is 0.647. The zero-order valence-corrected chi connectivity index (χ0v) is 15.3. The highest BCUT2D eigenvalue weighted by Crippen LogP contribution is 2.39. The summed E-state index contributed by atoms with van der Waals surface area (Å²) in [6.45, 7) is 5.96. The van der Waals surface area contributed by atoms with E-state index in [-0.39, 0.29) is 0 Å². The molecule has 4 rings (SSSR count). The summed E-state index contributed by atoms with van der Waals surface area (Å²) in [5, 5.41) is 1.99. The first kappa shape index (κ1) is 15.7. The molecule has 1 atom stereocenters. The maximum absolute atomic E-state index is 6.29. The first-order chi connectivity index (χ1) is 11.2. The second-order valence-electron chi connectivity index (χ2n) is 6.82. The molecule has 0 aromatic carbocycles. The van der Waals surface area contributed by atoms with Crippen molar-refractivity contribution in [3.63, 3.8) is 0 Å². The number of nitrogen functional groups attached to an aromatic ring is 1. The molecular formula is C17H24N4S2. The summed E-state index contributed by atoms with van der Waals surface area (Å²) < 4.78 is 0. The van der Waals surface area contributed by atoms with Crippen molar-refractivity contribution in [2.24, 2.45) is 5.92 Å². The lowest BCUT2D eigenvalue weighted by atomic mass is 9.89. The topological polar surface area (TPSA) is 55.0 Å². The molecule has 1 unspecified atom stereocenters. The Morgan fingerprint density at radius 3 is 2.96 bits per heavy atom. The highest BCUT2D eigenvalue weighted by atomic mass is 32.2. The maximum atomic E-state index is 6.29. The van der Waals surface area contributed by atoms with E-state index < -0.39 is 0 Å². The van der Waals surface area contributed by atoms with Crippen molar-refractivity contribution in [1.82, 2.24) is 14.9 Å². The molecule has 0 spiro atoms. The minimum atomic E-state index is 0.686. The Hall–Kier alpha value is -0.850. The van der Waals surface area contributed by atoms with Crippen molar-refractivity contribution in [1.29, 1.82) is 0 Å². The molecule has 6 heteroatoms. The van der Waals surface area contributed by atoms with Gasteiger partial charge in [-0.2, -0.15) is 0 Å². The number of nitrogens with two attached hydrogens (primary N) is 1. The van der Waals surface area contributed by atoms with Crippen molar-refractivity contribution >= 4 is 39.1 Å². The molecule has 23 heavy (non-hydrogen) atoms. The molecule has 0 bridgehead atoms. The Morgan fingerprint density at radius 1 is 1.30 bits per heavy atom. The van der Waals surface area contributed by atoms with Gasteiger partial charge in [-0.1, -0.05) is 18.7 Å². The van der Waals surface area contributed by atoms with Crippen LogP contribution in [-0.2, 0) is 12.8 Å². The van der Waals surface area contributed by atoms with Crippen LogP contribution in [0.2, 0.25) is 0 Å². The van der Waals surface area contributed by atoms with Gasteiger partial charge in [-0.25, -0.2) is 9.97 Å². The van der Waals surface area contributed by atoms with E-state index in [4.69, 9.17) is 10.7 Å². The number of rotatable bonds is 4. The maximum Gasteiger partial charge on any atom is 0.190 e. The predicted octanol–water partition coefficient (Wildman–Crippen LogP) is 3.59. The van der Waals surface area contributed by atoms with E-state index in [1.54, 1.807) is 11.8 Å². The number of hydrogen-bond acceptors (Lipinski definition) is 6. The first-order valence-corrected chi connectivity index (χ1v) is 10.4. The molecule has 4 nitrogen and oxygen atoms in total. The third-order valence-corrected chi connectivity index (χ3v) is 6.98. The molecule has 0 saturated carbocycles. The van der Waals surface area contributed by atoms with E-state index in [0.717, 1.165) is 40.0 Å².